The molecular weight excluding hydrogens is 395 g/mol. The summed E-state index contributed by atoms with van der Waals surface area (Å²) in [6, 6.07) is 5.68. The molecule has 1 aliphatic carbocycles. The Hall–Kier alpha value is -2.36. The Morgan fingerprint density at radius 3 is 2.54 bits per heavy atom. The number of carbonyl (C=O) groups excluding carboxylic acids is 1. The number of aromatic nitrogens is 2. The normalized spacial score (nSPS) is 21.6. The SMILES string of the molecule is O=C(Nc1cccc(C(F)(F)F)c1)c1cc(C2CC2)n([C@@H]2CCS(=O)(=O)C2)n1. The van der Waals surface area contributed by atoms with Crippen molar-refractivity contribution in [2.75, 3.05) is 16.8 Å². The molecule has 4 rings (SSSR count). The molecule has 0 unspecified atom stereocenters. The maximum absolute atomic E-state index is 12.8. The summed E-state index contributed by atoms with van der Waals surface area (Å²) in [6.45, 7) is 0. The van der Waals surface area contributed by atoms with E-state index >= 15 is 0 Å². The third-order valence-corrected chi connectivity index (χ3v) is 6.75. The van der Waals surface area contributed by atoms with E-state index in [1.54, 1.807) is 10.7 Å². The first-order valence-corrected chi connectivity index (χ1v) is 10.7. The van der Waals surface area contributed by atoms with Crippen molar-refractivity contribution in [1.29, 1.82) is 0 Å². The molecule has 2 heterocycles. The van der Waals surface area contributed by atoms with Crippen molar-refractivity contribution in [3.8, 4) is 0 Å². The number of hydrogen-bond acceptors (Lipinski definition) is 4. The molecule has 10 heteroatoms. The topological polar surface area (TPSA) is 81.1 Å². The van der Waals surface area contributed by atoms with Crippen molar-refractivity contribution < 1.29 is 26.4 Å². The van der Waals surface area contributed by atoms with Crippen LogP contribution >= 0.6 is 0 Å². The lowest BCUT2D eigenvalue weighted by Crippen LogP contribution is -2.17. The number of nitrogens with zero attached hydrogens (tertiary/aromatic N) is 2. The largest absolute Gasteiger partial charge is 0.416 e. The van der Waals surface area contributed by atoms with Gasteiger partial charge in [-0.15, -0.1) is 0 Å². The summed E-state index contributed by atoms with van der Waals surface area (Å²) in [6.07, 6.45) is -2.17. The number of alkyl halides is 3. The van der Waals surface area contributed by atoms with Gasteiger partial charge in [-0.05, 0) is 43.5 Å². The number of halogens is 3. The zero-order chi connectivity index (χ0) is 20.1. The first kappa shape index (κ1) is 19.0. The summed E-state index contributed by atoms with van der Waals surface area (Å²) in [7, 11) is -3.11. The highest BCUT2D eigenvalue weighted by molar-refractivity contribution is 7.91. The number of hydrogen-bond donors (Lipinski definition) is 1. The van der Waals surface area contributed by atoms with Crippen LogP contribution in [0, 0.1) is 0 Å². The number of anilines is 1. The van der Waals surface area contributed by atoms with Crippen LogP contribution in [0.4, 0.5) is 18.9 Å². The van der Waals surface area contributed by atoms with Gasteiger partial charge in [0.1, 0.15) is 0 Å². The molecule has 0 radical (unpaired) electrons. The van der Waals surface area contributed by atoms with Gasteiger partial charge in [0.25, 0.3) is 5.91 Å². The molecular formula is C18H18F3N3O3S. The summed E-state index contributed by atoms with van der Waals surface area (Å²) >= 11 is 0. The Bertz CT molecular complexity index is 1030. The molecule has 1 saturated carbocycles. The molecule has 2 aromatic rings. The number of sulfone groups is 1. The van der Waals surface area contributed by atoms with Gasteiger partial charge in [-0.2, -0.15) is 18.3 Å². The minimum Gasteiger partial charge on any atom is -0.321 e. The molecule has 1 amide bonds. The fraction of sp³-hybridized carbons (Fsp3) is 0.444. The Labute approximate surface area is 159 Å². The summed E-state index contributed by atoms with van der Waals surface area (Å²) in [5.41, 5.74) is 0.0522. The van der Waals surface area contributed by atoms with Crippen molar-refractivity contribution in [2.24, 2.45) is 0 Å². The molecule has 6 nitrogen and oxygen atoms in total. The minimum absolute atomic E-state index is 0.0108. The van der Waals surface area contributed by atoms with Gasteiger partial charge in [0.15, 0.2) is 15.5 Å². The van der Waals surface area contributed by atoms with Crippen molar-refractivity contribution in [3.63, 3.8) is 0 Å². The van der Waals surface area contributed by atoms with E-state index < -0.39 is 27.5 Å². The molecule has 2 fully saturated rings. The average molecular weight is 413 g/mol. The van der Waals surface area contributed by atoms with Crippen LogP contribution in [0.25, 0.3) is 0 Å². The molecule has 2 aliphatic rings. The van der Waals surface area contributed by atoms with Crippen LogP contribution in [-0.2, 0) is 16.0 Å². The fourth-order valence-corrected chi connectivity index (χ4v) is 5.12. The lowest BCUT2D eigenvalue weighted by molar-refractivity contribution is -0.137. The highest BCUT2D eigenvalue weighted by Gasteiger charge is 2.36. The maximum Gasteiger partial charge on any atom is 0.416 e. The number of benzene rings is 1. The maximum atomic E-state index is 12.8. The highest BCUT2D eigenvalue weighted by Crippen LogP contribution is 2.42. The van der Waals surface area contributed by atoms with Crippen molar-refractivity contribution in [3.05, 3.63) is 47.3 Å². The molecule has 150 valence electrons. The van der Waals surface area contributed by atoms with Crippen LogP contribution in [-0.4, -0.2) is 35.6 Å². The van der Waals surface area contributed by atoms with E-state index in [0.29, 0.717) is 6.42 Å². The van der Waals surface area contributed by atoms with E-state index in [2.05, 4.69) is 10.4 Å². The fourth-order valence-electron chi connectivity index (χ4n) is 3.43. The molecule has 1 aliphatic heterocycles. The van der Waals surface area contributed by atoms with Gasteiger partial charge in [0, 0.05) is 17.3 Å². The Balaban J connectivity index is 1.58. The van der Waals surface area contributed by atoms with Gasteiger partial charge in [0.2, 0.25) is 0 Å². The number of amides is 1. The van der Waals surface area contributed by atoms with Gasteiger partial charge in [-0.1, -0.05) is 6.07 Å². The van der Waals surface area contributed by atoms with Gasteiger partial charge >= 0.3 is 6.18 Å². The minimum atomic E-state index is -4.50. The summed E-state index contributed by atoms with van der Waals surface area (Å²) in [5.74, 6) is -0.303. The van der Waals surface area contributed by atoms with Crippen molar-refractivity contribution in [1.82, 2.24) is 9.78 Å². The van der Waals surface area contributed by atoms with Crippen LogP contribution in [0.5, 0.6) is 0 Å². The molecule has 28 heavy (non-hydrogen) atoms. The molecule has 1 aromatic heterocycles. The van der Waals surface area contributed by atoms with Gasteiger partial charge < -0.3 is 5.32 Å². The summed E-state index contributed by atoms with van der Waals surface area (Å²) < 4.78 is 63.7. The molecule has 1 saturated heterocycles. The molecule has 0 bridgehead atoms. The average Bonchev–Trinajstić information content (AvgIpc) is 3.25. The molecule has 0 spiro atoms. The second-order valence-electron chi connectivity index (χ2n) is 7.26. The summed E-state index contributed by atoms with van der Waals surface area (Å²) in [4.78, 5) is 12.5. The monoisotopic (exact) mass is 413 g/mol. The van der Waals surface area contributed by atoms with Crippen LogP contribution in [0.15, 0.2) is 30.3 Å². The second kappa shape index (κ2) is 6.61. The number of rotatable bonds is 4. The van der Waals surface area contributed by atoms with E-state index in [9.17, 15) is 26.4 Å². The van der Waals surface area contributed by atoms with Crippen molar-refractivity contribution in [2.45, 2.75) is 37.4 Å². The zero-order valence-electron chi connectivity index (χ0n) is 14.7. The van der Waals surface area contributed by atoms with E-state index in [1.807, 2.05) is 0 Å². The van der Waals surface area contributed by atoms with E-state index in [0.717, 1.165) is 30.7 Å². The van der Waals surface area contributed by atoms with Crippen LogP contribution in [0.3, 0.4) is 0 Å². The zero-order valence-corrected chi connectivity index (χ0v) is 15.6. The first-order chi connectivity index (χ1) is 13.1. The third-order valence-electron chi connectivity index (χ3n) is 4.99. The number of carbonyl (C=O) groups is 1. The quantitative estimate of drug-likeness (QED) is 0.833. The summed E-state index contributed by atoms with van der Waals surface area (Å²) in [5, 5.41) is 6.75. The van der Waals surface area contributed by atoms with Gasteiger partial charge in [-0.3, -0.25) is 9.48 Å². The van der Waals surface area contributed by atoms with Crippen LogP contribution in [0.1, 0.15) is 53.0 Å². The molecule has 1 aromatic carbocycles. The van der Waals surface area contributed by atoms with Crippen LogP contribution in [0.2, 0.25) is 0 Å². The lowest BCUT2D eigenvalue weighted by atomic mass is 10.2. The smallest absolute Gasteiger partial charge is 0.321 e. The molecule has 1 atom stereocenters. The predicted molar refractivity (Wildman–Crippen MR) is 95.9 cm³/mol. The van der Waals surface area contributed by atoms with E-state index in [1.165, 1.54) is 12.1 Å². The Morgan fingerprint density at radius 2 is 1.93 bits per heavy atom. The number of nitrogens with one attached hydrogen (secondary N) is 1. The second-order valence-corrected chi connectivity index (χ2v) is 9.49. The lowest BCUT2D eigenvalue weighted by Gasteiger charge is -2.12. The molecule has 1 N–H and O–H groups in total. The predicted octanol–water partition coefficient (Wildman–Crippen LogP) is 3.39. The Kier molecular flexibility index (Phi) is 4.48. The van der Waals surface area contributed by atoms with Crippen molar-refractivity contribution >= 4 is 21.4 Å². The van der Waals surface area contributed by atoms with Crippen LogP contribution < -0.4 is 5.32 Å². The third kappa shape index (κ3) is 3.91. The van der Waals surface area contributed by atoms with Gasteiger partial charge in [-0.25, -0.2) is 8.42 Å². The van der Waals surface area contributed by atoms with E-state index in [-0.39, 0.29) is 34.8 Å². The standard InChI is InChI=1S/C18H18F3N3O3S/c19-18(20,21)12-2-1-3-13(8-12)22-17(25)15-9-16(11-4-5-11)24(23-15)14-6-7-28(26,27)10-14/h1-3,8-9,11,14H,4-7,10H2,(H,22,25)/t14-/m1/s1. The first-order valence-electron chi connectivity index (χ1n) is 8.91. The van der Waals surface area contributed by atoms with E-state index in [4.69, 9.17) is 0 Å². The Morgan fingerprint density at radius 1 is 1.18 bits per heavy atom. The highest BCUT2D eigenvalue weighted by atomic mass is 32.2. The van der Waals surface area contributed by atoms with Gasteiger partial charge in [0.05, 0.1) is 23.1 Å².